The van der Waals surface area contributed by atoms with Crippen molar-refractivity contribution in [2.24, 2.45) is 0 Å². The number of nitrogens with zero attached hydrogens (tertiary/aromatic N) is 1. The summed E-state index contributed by atoms with van der Waals surface area (Å²) in [7, 11) is 0. The molecule has 0 atom stereocenters. The van der Waals surface area contributed by atoms with Gasteiger partial charge in [-0.1, -0.05) is 0 Å². The van der Waals surface area contributed by atoms with Crippen molar-refractivity contribution in [2.75, 3.05) is 0 Å². The molecule has 2 aromatic rings. The molecular formula is C7H4BrNOS. The van der Waals surface area contributed by atoms with Gasteiger partial charge in [0.15, 0.2) is 4.67 Å². The number of rotatable bonds is 1. The number of halogens is 1. The first-order valence-electron chi connectivity index (χ1n) is 3.00. The van der Waals surface area contributed by atoms with Gasteiger partial charge in [-0.2, -0.15) is 0 Å². The molecule has 2 rings (SSSR count). The van der Waals surface area contributed by atoms with E-state index < -0.39 is 0 Å². The SMILES string of the molecule is Brc1cc(-c2nccs2)co1. The topological polar surface area (TPSA) is 26.0 Å². The van der Waals surface area contributed by atoms with Crippen LogP contribution in [0.5, 0.6) is 0 Å². The minimum Gasteiger partial charge on any atom is -0.457 e. The average Bonchev–Trinajstić information content (AvgIpc) is 2.55. The summed E-state index contributed by atoms with van der Waals surface area (Å²) >= 11 is 4.83. The van der Waals surface area contributed by atoms with E-state index in [1.165, 1.54) is 0 Å². The van der Waals surface area contributed by atoms with E-state index >= 15 is 0 Å². The van der Waals surface area contributed by atoms with Gasteiger partial charge in [0.05, 0.1) is 0 Å². The maximum atomic E-state index is 5.07. The molecule has 0 N–H and O–H groups in total. The molecule has 0 saturated heterocycles. The standard InChI is InChI=1S/C7H4BrNOS/c8-6-3-5(4-10-6)7-9-1-2-11-7/h1-4H. The number of furan rings is 1. The minimum atomic E-state index is 0.739. The van der Waals surface area contributed by atoms with Crippen LogP contribution in [-0.4, -0.2) is 4.98 Å². The molecule has 4 heteroatoms. The van der Waals surface area contributed by atoms with E-state index in [9.17, 15) is 0 Å². The van der Waals surface area contributed by atoms with Crippen LogP contribution in [0.25, 0.3) is 10.6 Å². The Morgan fingerprint density at radius 2 is 2.45 bits per heavy atom. The molecule has 56 valence electrons. The Hall–Kier alpha value is -0.610. The second kappa shape index (κ2) is 2.79. The van der Waals surface area contributed by atoms with E-state index in [0.717, 1.165) is 15.2 Å². The molecule has 0 saturated carbocycles. The molecule has 0 bridgehead atoms. The van der Waals surface area contributed by atoms with Crippen LogP contribution >= 0.6 is 27.3 Å². The summed E-state index contributed by atoms with van der Waals surface area (Å²) in [4.78, 5) is 4.14. The predicted octanol–water partition coefficient (Wildman–Crippen LogP) is 3.17. The van der Waals surface area contributed by atoms with E-state index in [1.807, 2.05) is 11.4 Å². The molecule has 0 aliphatic heterocycles. The second-order valence-electron chi connectivity index (χ2n) is 1.98. The normalized spacial score (nSPS) is 10.3. The molecule has 0 amide bonds. The van der Waals surface area contributed by atoms with Crippen LogP contribution < -0.4 is 0 Å². The van der Waals surface area contributed by atoms with Crippen molar-refractivity contribution in [3.05, 3.63) is 28.6 Å². The summed E-state index contributed by atoms with van der Waals surface area (Å²) in [5.74, 6) is 0. The largest absolute Gasteiger partial charge is 0.457 e. The molecule has 2 heterocycles. The summed E-state index contributed by atoms with van der Waals surface area (Å²) in [6, 6.07) is 1.90. The van der Waals surface area contributed by atoms with E-state index in [2.05, 4.69) is 20.9 Å². The first-order valence-corrected chi connectivity index (χ1v) is 4.67. The van der Waals surface area contributed by atoms with Gasteiger partial charge >= 0.3 is 0 Å². The van der Waals surface area contributed by atoms with Crippen molar-refractivity contribution in [1.82, 2.24) is 4.98 Å². The third-order valence-electron chi connectivity index (χ3n) is 1.25. The summed E-state index contributed by atoms with van der Waals surface area (Å²) in [6.07, 6.45) is 3.46. The number of thiazole rings is 1. The van der Waals surface area contributed by atoms with Crippen LogP contribution in [0.3, 0.4) is 0 Å². The quantitative estimate of drug-likeness (QED) is 0.751. The van der Waals surface area contributed by atoms with E-state index in [-0.39, 0.29) is 0 Å². The molecule has 0 fully saturated rings. The lowest BCUT2D eigenvalue weighted by molar-refractivity contribution is 0.542. The highest BCUT2D eigenvalue weighted by Gasteiger charge is 2.02. The third kappa shape index (κ3) is 1.36. The van der Waals surface area contributed by atoms with Crippen molar-refractivity contribution >= 4 is 27.3 Å². The molecule has 2 aromatic heterocycles. The molecule has 0 aromatic carbocycles. The lowest BCUT2D eigenvalue weighted by atomic mass is 10.4. The molecule has 2 nitrogen and oxygen atoms in total. The zero-order chi connectivity index (χ0) is 7.68. The highest BCUT2D eigenvalue weighted by atomic mass is 79.9. The first-order chi connectivity index (χ1) is 5.36. The fourth-order valence-corrected chi connectivity index (χ4v) is 1.74. The monoisotopic (exact) mass is 229 g/mol. The summed E-state index contributed by atoms with van der Waals surface area (Å²) < 4.78 is 5.81. The Morgan fingerprint density at radius 1 is 1.55 bits per heavy atom. The van der Waals surface area contributed by atoms with Gasteiger partial charge in [0.1, 0.15) is 11.3 Å². The van der Waals surface area contributed by atoms with Gasteiger partial charge in [-0.05, 0) is 15.9 Å². The van der Waals surface area contributed by atoms with Crippen molar-refractivity contribution in [2.45, 2.75) is 0 Å². The van der Waals surface area contributed by atoms with Crippen molar-refractivity contribution in [1.29, 1.82) is 0 Å². The maximum Gasteiger partial charge on any atom is 0.169 e. The van der Waals surface area contributed by atoms with Gasteiger partial charge in [-0.3, -0.25) is 0 Å². The molecule has 0 aliphatic carbocycles. The van der Waals surface area contributed by atoms with Crippen LogP contribution in [0.1, 0.15) is 0 Å². The van der Waals surface area contributed by atoms with Crippen molar-refractivity contribution in [3.63, 3.8) is 0 Å². The van der Waals surface area contributed by atoms with Crippen LogP contribution in [0.4, 0.5) is 0 Å². The summed E-state index contributed by atoms with van der Waals surface area (Å²) in [6.45, 7) is 0. The number of hydrogen-bond donors (Lipinski definition) is 0. The summed E-state index contributed by atoms with van der Waals surface area (Å²) in [5.41, 5.74) is 1.02. The van der Waals surface area contributed by atoms with E-state index in [1.54, 1.807) is 23.8 Å². The van der Waals surface area contributed by atoms with Crippen LogP contribution in [-0.2, 0) is 0 Å². The average molecular weight is 230 g/mol. The minimum absolute atomic E-state index is 0.739. The van der Waals surface area contributed by atoms with Gasteiger partial charge in [0.25, 0.3) is 0 Å². The smallest absolute Gasteiger partial charge is 0.169 e. The fourth-order valence-electron chi connectivity index (χ4n) is 0.788. The highest BCUT2D eigenvalue weighted by molar-refractivity contribution is 9.10. The molecule has 0 unspecified atom stereocenters. The Morgan fingerprint density at radius 3 is 3.00 bits per heavy atom. The first kappa shape index (κ1) is 7.06. The number of hydrogen-bond acceptors (Lipinski definition) is 3. The van der Waals surface area contributed by atoms with Crippen LogP contribution in [0, 0.1) is 0 Å². The van der Waals surface area contributed by atoms with Crippen molar-refractivity contribution in [3.8, 4) is 10.6 Å². The van der Waals surface area contributed by atoms with Gasteiger partial charge in [0, 0.05) is 23.2 Å². The zero-order valence-electron chi connectivity index (χ0n) is 5.45. The van der Waals surface area contributed by atoms with Crippen LogP contribution in [0.15, 0.2) is 33.0 Å². The fraction of sp³-hybridized carbons (Fsp3) is 0. The molecule has 11 heavy (non-hydrogen) atoms. The Balaban J connectivity index is 2.45. The lowest BCUT2D eigenvalue weighted by Crippen LogP contribution is -1.66. The second-order valence-corrected chi connectivity index (χ2v) is 3.65. The van der Waals surface area contributed by atoms with E-state index in [4.69, 9.17) is 4.42 Å². The number of aromatic nitrogens is 1. The van der Waals surface area contributed by atoms with Crippen molar-refractivity contribution < 1.29 is 4.42 Å². The highest BCUT2D eigenvalue weighted by Crippen LogP contribution is 2.25. The van der Waals surface area contributed by atoms with Gasteiger partial charge in [0.2, 0.25) is 0 Å². The van der Waals surface area contributed by atoms with Gasteiger partial charge in [-0.15, -0.1) is 11.3 Å². The van der Waals surface area contributed by atoms with Crippen LogP contribution in [0.2, 0.25) is 0 Å². The lowest BCUT2D eigenvalue weighted by Gasteiger charge is -1.82. The predicted molar refractivity (Wildman–Crippen MR) is 47.5 cm³/mol. The molecule has 0 aliphatic rings. The zero-order valence-corrected chi connectivity index (χ0v) is 7.85. The molecular weight excluding hydrogens is 226 g/mol. The van der Waals surface area contributed by atoms with E-state index in [0.29, 0.717) is 0 Å². The Kier molecular flexibility index (Phi) is 1.79. The Labute approximate surface area is 76.0 Å². The maximum absolute atomic E-state index is 5.07. The molecule has 0 spiro atoms. The molecule has 0 radical (unpaired) electrons. The summed E-state index contributed by atoms with van der Waals surface area (Å²) in [5, 5.41) is 2.93. The third-order valence-corrected chi connectivity index (χ3v) is 2.48. The Bertz CT molecular complexity index is 341. The van der Waals surface area contributed by atoms with Gasteiger partial charge in [-0.25, -0.2) is 4.98 Å². The van der Waals surface area contributed by atoms with Gasteiger partial charge < -0.3 is 4.42 Å².